The highest BCUT2D eigenvalue weighted by atomic mass is 32.2. The van der Waals surface area contributed by atoms with Gasteiger partial charge in [0.05, 0.1) is 0 Å². The lowest BCUT2D eigenvalue weighted by atomic mass is 9.90. The standard InChI is InChI=1S/C15H31NS2/c1-5-7-8-13(6-2)11-14(16-4)15-12(3)17-9-10-18-15/h12-16H,5-11H2,1-4H3. The summed E-state index contributed by atoms with van der Waals surface area (Å²) in [6.45, 7) is 7.08. The summed E-state index contributed by atoms with van der Waals surface area (Å²) >= 11 is 4.36. The molecule has 108 valence electrons. The van der Waals surface area contributed by atoms with E-state index in [0.717, 1.165) is 16.4 Å². The third kappa shape index (κ3) is 5.34. The molecule has 0 aromatic carbocycles. The Labute approximate surface area is 123 Å². The predicted molar refractivity (Wildman–Crippen MR) is 88.9 cm³/mol. The molecule has 1 nitrogen and oxygen atoms in total. The van der Waals surface area contributed by atoms with E-state index < -0.39 is 0 Å². The zero-order chi connectivity index (χ0) is 13.4. The van der Waals surface area contributed by atoms with Crippen LogP contribution in [0.15, 0.2) is 0 Å². The van der Waals surface area contributed by atoms with Gasteiger partial charge < -0.3 is 5.32 Å². The molecular weight excluding hydrogens is 258 g/mol. The van der Waals surface area contributed by atoms with Crippen LogP contribution in [0, 0.1) is 5.92 Å². The molecule has 1 rings (SSSR count). The van der Waals surface area contributed by atoms with Crippen molar-refractivity contribution in [1.82, 2.24) is 5.32 Å². The van der Waals surface area contributed by atoms with Gasteiger partial charge in [0.15, 0.2) is 0 Å². The maximum absolute atomic E-state index is 3.61. The van der Waals surface area contributed by atoms with Crippen molar-refractivity contribution in [3.8, 4) is 0 Å². The molecule has 3 heteroatoms. The minimum Gasteiger partial charge on any atom is -0.316 e. The Bertz CT molecular complexity index is 211. The lowest BCUT2D eigenvalue weighted by Gasteiger charge is -2.36. The highest BCUT2D eigenvalue weighted by Crippen LogP contribution is 2.35. The van der Waals surface area contributed by atoms with Crippen molar-refractivity contribution in [2.45, 2.75) is 69.4 Å². The second-order valence-corrected chi connectivity index (χ2v) is 8.23. The SMILES string of the molecule is CCCCC(CC)CC(NC)C1SCCSC1C. The van der Waals surface area contributed by atoms with Crippen LogP contribution in [0.4, 0.5) is 0 Å². The van der Waals surface area contributed by atoms with Crippen molar-refractivity contribution >= 4 is 23.5 Å². The Morgan fingerprint density at radius 3 is 2.50 bits per heavy atom. The van der Waals surface area contributed by atoms with Gasteiger partial charge in [-0.05, 0) is 19.4 Å². The lowest BCUT2D eigenvalue weighted by molar-refractivity contribution is 0.353. The third-order valence-corrected chi connectivity index (χ3v) is 7.39. The van der Waals surface area contributed by atoms with Crippen LogP contribution in [-0.4, -0.2) is 35.1 Å². The highest BCUT2D eigenvalue weighted by Gasteiger charge is 2.30. The van der Waals surface area contributed by atoms with E-state index in [4.69, 9.17) is 0 Å². The molecular formula is C15H31NS2. The van der Waals surface area contributed by atoms with Crippen LogP contribution < -0.4 is 5.32 Å². The molecule has 0 radical (unpaired) electrons. The van der Waals surface area contributed by atoms with E-state index in [9.17, 15) is 0 Å². The van der Waals surface area contributed by atoms with Gasteiger partial charge in [0.2, 0.25) is 0 Å². The summed E-state index contributed by atoms with van der Waals surface area (Å²) < 4.78 is 0. The van der Waals surface area contributed by atoms with E-state index in [0.29, 0.717) is 6.04 Å². The van der Waals surface area contributed by atoms with Gasteiger partial charge in [-0.25, -0.2) is 0 Å². The summed E-state index contributed by atoms with van der Waals surface area (Å²) in [6.07, 6.45) is 6.87. The first-order valence-corrected chi connectivity index (χ1v) is 9.73. The van der Waals surface area contributed by atoms with Gasteiger partial charge >= 0.3 is 0 Å². The number of rotatable bonds is 8. The molecule has 4 atom stereocenters. The fourth-order valence-electron chi connectivity index (χ4n) is 2.85. The largest absolute Gasteiger partial charge is 0.316 e. The topological polar surface area (TPSA) is 12.0 Å². The Morgan fingerprint density at radius 2 is 1.94 bits per heavy atom. The average Bonchev–Trinajstić information content (AvgIpc) is 2.40. The lowest BCUT2D eigenvalue weighted by Crippen LogP contribution is -2.43. The van der Waals surface area contributed by atoms with Crippen LogP contribution in [0.25, 0.3) is 0 Å². The van der Waals surface area contributed by atoms with Crippen molar-refractivity contribution in [3.63, 3.8) is 0 Å². The van der Waals surface area contributed by atoms with Crippen LogP contribution in [0.5, 0.6) is 0 Å². The monoisotopic (exact) mass is 289 g/mol. The molecule has 1 N–H and O–H groups in total. The highest BCUT2D eigenvalue weighted by molar-refractivity contribution is 8.07. The van der Waals surface area contributed by atoms with E-state index in [1.54, 1.807) is 0 Å². The number of unbranched alkanes of at least 4 members (excludes halogenated alkanes) is 1. The molecule has 1 heterocycles. The summed E-state index contributed by atoms with van der Waals surface area (Å²) in [4.78, 5) is 0. The summed E-state index contributed by atoms with van der Waals surface area (Å²) in [7, 11) is 2.16. The average molecular weight is 290 g/mol. The summed E-state index contributed by atoms with van der Waals surface area (Å²) in [5.74, 6) is 3.59. The van der Waals surface area contributed by atoms with Crippen LogP contribution in [-0.2, 0) is 0 Å². The molecule has 18 heavy (non-hydrogen) atoms. The number of hydrogen-bond donors (Lipinski definition) is 1. The van der Waals surface area contributed by atoms with Gasteiger partial charge in [0.1, 0.15) is 0 Å². The Kier molecular flexibility index (Phi) is 8.86. The van der Waals surface area contributed by atoms with Crippen molar-refractivity contribution in [2.75, 3.05) is 18.6 Å². The number of thioether (sulfide) groups is 2. The van der Waals surface area contributed by atoms with Gasteiger partial charge in [-0.1, -0.05) is 46.5 Å². The maximum atomic E-state index is 3.61. The van der Waals surface area contributed by atoms with Crippen molar-refractivity contribution in [3.05, 3.63) is 0 Å². The van der Waals surface area contributed by atoms with Crippen LogP contribution in [0.3, 0.4) is 0 Å². The molecule has 1 fully saturated rings. The molecule has 0 aromatic rings. The Balaban J connectivity index is 2.47. The smallest absolute Gasteiger partial charge is 0.0317 e. The molecule has 4 unspecified atom stereocenters. The normalized spacial score (nSPS) is 28.0. The molecule has 0 amide bonds. The summed E-state index contributed by atoms with van der Waals surface area (Å²) in [5, 5.41) is 5.23. The first kappa shape index (κ1) is 16.7. The van der Waals surface area contributed by atoms with E-state index >= 15 is 0 Å². The predicted octanol–water partition coefficient (Wildman–Crippen LogP) is 4.42. The molecule has 1 aliphatic rings. The fraction of sp³-hybridized carbons (Fsp3) is 1.00. The van der Waals surface area contributed by atoms with Gasteiger partial charge in [0.25, 0.3) is 0 Å². The van der Waals surface area contributed by atoms with E-state index in [2.05, 4.69) is 56.7 Å². The third-order valence-electron chi connectivity index (χ3n) is 4.13. The minimum atomic E-state index is 0.708. The number of hydrogen-bond acceptors (Lipinski definition) is 3. The molecule has 0 bridgehead atoms. The quantitative estimate of drug-likeness (QED) is 0.710. The molecule has 0 aromatic heterocycles. The van der Waals surface area contributed by atoms with Crippen molar-refractivity contribution in [1.29, 1.82) is 0 Å². The van der Waals surface area contributed by atoms with E-state index in [1.165, 1.54) is 43.6 Å². The Hall–Kier alpha value is 0.660. The fourth-order valence-corrected chi connectivity index (χ4v) is 5.86. The maximum Gasteiger partial charge on any atom is 0.0317 e. The van der Waals surface area contributed by atoms with Crippen LogP contribution >= 0.6 is 23.5 Å². The van der Waals surface area contributed by atoms with Crippen molar-refractivity contribution in [2.24, 2.45) is 5.92 Å². The van der Waals surface area contributed by atoms with Gasteiger partial charge in [-0.15, -0.1) is 0 Å². The summed E-state index contributed by atoms with van der Waals surface area (Å²) in [5.41, 5.74) is 0. The van der Waals surface area contributed by atoms with E-state index in [-0.39, 0.29) is 0 Å². The summed E-state index contributed by atoms with van der Waals surface area (Å²) in [6, 6.07) is 0.708. The molecule has 0 saturated carbocycles. The van der Waals surface area contributed by atoms with Crippen molar-refractivity contribution < 1.29 is 0 Å². The van der Waals surface area contributed by atoms with Crippen LogP contribution in [0.2, 0.25) is 0 Å². The molecule has 0 spiro atoms. The number of nitrogens with one attached hydrogen (secondary N) is 1. The first-order chi connectivity index (χ1) is 8.72. The second kappa shape index (κ2) is 9.55. The molecule has 1 saturated heterocycles. The minimum absolute atomic E-state index is 0.708. The molecule has 0 aliphatic carbocycles. The zero-order valence-electron chi connectivity index (χ0n) is 12.6. The van der Waals surface area contributed by atoms with Gasteiger partial charge in [0, 0.05) is 28.0 Å². The van der Waals surface area contributed by atoms with Gasteiger partial charge in [-0.3, -0.25) is 0 Å². The Morgan fingerprint density at radius 1 is 1.22 bits per heavy atom. The van der Waals surface area contributed by atoms with Crippen LogP contribution in [0.1, 0.15) is 52.9 Å². The van der Waals surface area contributed by atoms with E-state index in [1.807, 2.05) is 0 Å². The zero-order valence-corrected chi connectivity index (χ0v) is 14.2. The van der Waals surface area contributed by atoms with Gasteiger partial charge in [-0.2, -0.15) is 23.5 Å². The molecule has 1 aliphatic heterocycles. The second-order valence-electron chi connectivity index (χ2n) is 5.46. The first-order valence-electron chi connectivity index (χ1n) is 7.63.